The van der Waals surface area contributed by atoms with E-state index in [4.69, 9.17) is 4.74 Å². The van der Waals surface area contributed by atoms with Crippen LogP contribution in [0.4, 0.5) is 0 Å². The molecule has 20 heavy (non-hydrogen) atoms. The van der Waals surface area contributed by atoms with E-state index in [0.717, 1.165) is 24.7 Å². The monoisotopic (exact) mass is 273 g/mol. The summed E-state index contributed by atoms with van der Waals surface area (Å²) in [6.45, 7) is 5.38. The molecule has 1 N–H and O–H groups in total. The fourth-order valence-corrected chi connectivity index (χ4v) is 3.85. The zero-order valence-electron chi connectivity index (χ0n) is 12.8. The van der Waals surface area contributed by atoms with Gasteiger partial charge in [0.25, 0.3) is 0 Å². The van der Waals surface area contributed by atoms with E-state index in [1.807, 2.05) is 0 Å². The molecule has 1 aliphatic heterocycles. The molecule has 0 aromatic heterocycles. The summed E-state index contributed by atoms with van der Waals surface area (Å²) in [6.07, 6.45) is 7.97. The van der Waals surface area contributed by atoms with Crippen LogP contribution in [0.2, 0.25) is 0 Å². The second-order valence-corrected chi connectivity index (χ2v) is 6.54. The number of fused-ring (bicyclic) bond motifs is 1. The molecule has 110 valence electrons. The lowest BCUT2D eigenvalue weighted by Gasteiger charge is -2.27. The first-order valence-corrected chi connectivity index (χ1v) is 8.24. The van der Waals surface area contributed by atoms with Crippen molar-refractivity contribution in [2.24, 2.45) is 5.92 Å². The fourth-order valence-electron chi connectivity index (χ4n) is 3.85. The molecule has 2 atom stereocenters. The van der Waals surface area contributed by atoms with Crippen LogP contribution < -0.4 is 10.1 Å². The molecular weight excluding hydrogens is 246 g/mol. The maximum absolute atomic E-state index is 5.98. The summed E-state index contributed by atoms with van der Waals surface area (Å²) in [5, 5.41) is 3.90. The zero-order valence-corrected chi connectivity index (χ0v) is 12.8. The molecule has 1 saturated carbocycles. The highest BCUT2D eigenvalue weighted by Crippen LogP contribution is 2.36. The Labute approximate surface area is 122 Å². The Bertz CT molecular complexity index is 451. The molecule has 2 aliphatic rings. The number of rotatable bonds is 3. The van der Waals surface area contributed by atoms with Crippen LogP contribution in [-0.4, -0.2) is 12.6 Å². The Hall–Kier alpha value is -1.02. The van der Waals surface area contributed by atoms with Gasteiger partial charge in [-0.25, -0.2) is 0 Å². The molecule has 1 aromatic carbocycles. The fraction of sp³-hybridized carbons (Fsp3) is 0.667. The van der Waals surface area contributed by atoms with Crippen molar-refractivity contribution >= 4 is 0 Å². The van der Waals surface area contributed by atoms with Crippen molar-refractivity contribution in [2.45, 2.75) is 64.5 Å². The third-order valence-electron chi connectivity index (χ3n) is 5.07. The van der Waals surface area contributed by atoms with Crippen molar-refractivity contribution in [3.05, 3.63) is 29.3 Å². The molecule has 1 aliphatic carbocycles. The van der Waals surface area contributed by atoms with Gasteiger partial charge >= 0.3 is 0 Å². The molecule has 0 bridgehead atoms. The Balaban J connectivity index is 1.77. The van der Waals surface area contributed by atoms with Crippen LogP contribution in [0.15, 0.2) is 18.2 Å². The summed E-state index contributed by atoms with van der Waals surface area (Å²) in [5.74, 6) is 1.99. The van der Waals surface area contributed by atoms with Crippen LogP contribution in [-0.2, 0) is 0 Å². The lowest BCUT2D eigenvalue weighted by molar-refractivity contribution is 0.308. The number of para-hydroxylation sites is 1. The molecular formula is C18H27NO. The SMILES string of the molecule is Cc1cccc2c1OCCCC2N[C@H](C)C1CCCC1. The summed E-state index contributed by atoms with van der Waals surface area (Å²) >= 11 is 0. The smallest absolute Gasteiger partial charge is 0.126 e. The maximum Gasteiger partial charge on any atom is 0.126 e. The van der Waals surface area contributed by atoms with E-state index >= 15 is 0 Å². The van der Waals surface area contributed by atoms with Crippen LogP contribution in [0.25, 0.3) is 0 Å². The van der Waals surface area contributed by atoms with Gasteiger partial charge in [-0.05, 0) is 51.0 Å². The highest BCUT2D eigenvalue weighted by molar-refractivity contribution is 5.43. The zero-order chi connectivity index (χ0) is 13.9. The molecule has 0 radical (unpaired) electrons. The Morgan fingerprint density at radius 3 is 2.75 bits per heavy atom. The number of hydrogen-bond donors (Lipinski definition) is 1. The van der Waals surface area contributed by atoms with Crippen molar-refractivity contribution in [1.82, 2.24) is 5.32 Å². The first kappa shape index (κ1) is 13.9. The first-order valence-electron chi connectivity index (χ1n) is 8.24. The lowest BCUT2D eigenvalue weighted by atomic mass is 9.95. The molecule has 0 spiro atoms. The van der Waals surface area contributed by atoms with E-state index in [1.165, 1.54) is 43.2 Å². The summed E-state index contributed by atoms with van der Waals surface area (Å²) in [6, 6.07) is 7.64. The Kier molecular flexibility index (Phi) is 4.30. The minimum absolute atomic E-state index is 0.461. The average molecular weight is 273 g/mol. The van der Waals surface area contributed by atoms with E-state index in [0.29, 0.717) is 12.1 Å². The summed E-state index contributed by atoms with van der Waals surface area (Å²) in [4.78, 5) is 0. The van der Waals surface area contributed by atoms with Gasteiger partial charge in [0, 0.05) is 17.6 Å². The quantitative estimate of drug-likeness (QED) is 0.882. The second-order valence-electron chi connectivity index (χ2n) is 6.54. The highest BCUT2D eigenvalue weighted by Gasteiger charge is 2.26. The summed E-state index contributed by atoms with van der Waals surface area (Å²) in [5.41, 5.74) is 2.64. The minimum Gasteiger partial charge on any atom is -0.493 e. The lowest BCUT2D eigenvalue weighted by Crippen LogP contribution is -2.35. The van der Waals surface area contributed by atoms with Crippen LogP contribution >= 0.6 is 0 Å². The van der Waals surface area contributed by atoms with Crippen molar-refractivity contribution < 1.29 is 4.74 Å². The predicted octanol–water partition coefficient (Wildman–Crippen LogP) is 4.38. The minimum atomic E-state index is 0.461. The molecule has 1 unspecified atom stereocenters. The van der Waals surface area contributed by atoms with Gasteiger partial charge in [0.1, 0.15) is 5.75 Å². The van der Waals surface area contributed by atoms with Crippen molar-refractivity contribution in [2.75, 3.05) is 6.61 Å². The van der Waals surface area contributed by atoms with Gasteiger partial charge in [0.05, 0.1) is 6.61 Å². The predicted molar refractivity (Wildman–Crippen MR) is 83.2 cm³/mol. The number of nitrogens with one attached hydrogen (secondary N) is 1. The van der Waals surface area contributed by atoms with Gasteiger partial charge in [-0.1, -0.05) is 31.0 Å². The van der Waals surface area contributed by atoms with Crippen molar-refractivity contribution in [3.8, 4) is 5.75 Å². The van der Waals surface area contributed by atoms with Gasteiger partial charge in [-0.3, -0.25) is 0 Å². The van der Waals surface area contributed by atoms with Crippen LogP contribution in [0.3, 0.4) is 0 Å². The van der Waals surface area contributed by atoms with Crippen LogP contribution in [0, 0.1) is 12.8 Å². The molecule has 0 amide bonds. The molecule has 1 heterocycles. The Morgan fingerprint density at radius 1 is 1.15 bits per heavy atom. The third-order valence-corrected chi connectivity index (χ3v) is 5.07. The first-order chi connectivity index (χ1) is 9.75. The number of hydrogen-bond acceptors (Lipinski definition) is 2. The molecule has 2 nitrogen and oxygen atoms in total. The molecule has 2 heteroatoms. The Morgan fingerprint density at radius 2 is 1.95 bits per heavy atom. The maximum atomic E-state index is 5.98. The normalized spacial score (nSPS) is 24.8. The third kappa shape index (κ3) is 2.85. The van der Waals surface area contributed by atoms with Gasteiger partial charge in [0.2, 0.25) is 0 Å². The van der Waals surface area contributed by atoms with E-state index in [1.54, 1.807) is 0 Å². The summed E-state index contributed by atoms with van der Waals surface area (Å²) in [7, 11) is 0. The van der Waals surface area contributed by atoms with Crippen molar-refractivity contribution in [3.63, 3.8) is 0 Å². The van der Waals surface area contributed by atoms with Crippen LogP contribution in [0.1, 0.15) is 62.6 Å². The van der Waals surface area contributed by atoms with Crippen LogP contribution in [0.5, 0.6) is 5.75 Å². The number of ether oxygens (including phenoxy) is 1. The standard InChI is InChI=1S/C18H27NO/c1-13-7-5-10-16-17(11-6-12-20-18(13)16)19-14(2)15-8-3-4-9-15/h5,7,10,14-15,17,19H,3-4,6,8-9,11-12H2,1-2H3/t14-,17?/m1/s1. The highest BCUT2D eigenvalue weighted by atomic mass is 16.5. The molecule has 0 saturated heterocycles. The largest absolute Gasteiger partial charge is 0.493 e. The number of benzene rings is 1. The van der Waals surface area contributed by atoms with Crippen molar-refractivity contribution in [1.29, 1.82) is 0 Å². The van der Waals surface area contributed by atoms with E-state index in [9.17, 15) is 0 Å². The second kappa shape index (κ2) is 6.17. The van der Waals surface area contributed by atoms with E-state index in [2.05, 4.69) is 37.4 Å². The van der Waals surface area contributed by atoms with Gasteiger partial charge in [-0.15, -0.1) is 0 Å². The summed E-state index contributed by atoms with van der Waals surface area (Å²) < 4.78 is 5.98. The van der Waals surface area contributed by atoms with Gasteiger partial charge < -0.3 is 10.1 Å². The molecule has 1 aromatic rings. The number of aryl methyl sites for hydroxylation is 1. The molecule has 3 rings (SSSR count). The topological polar surface area (TPSA) is 21.3 Å². The average Bonchev–Trinajstić information content (AvgIpc) is 2.90. The van der Waals surface area contributed by atoms with Gasteiger partial charge in [0.15, 0.2) is 0 Å². The molecule has 1 fully saturated rings. The van der Waals surface area contributed by atoms with E-state index < -0.39 is 0 Å². The van der Waals surface area contributed by atoms with E-state index in [-0.39, 0.29) is 0 Å². The van der Waals surface area contributed by atoms with Gasteiger partial charge in [-0.2, -0.15) is 0 Å².